The number of carbonyl (C=O) groups is 2. The van der Waals surface area contributed by atoms with Crippen LogP contribution in [0, 0.1) is 0 Å². The zero-order chi connectivity index (χ0) is 21.5. The van der Waals surface area contributed by atoms with Crippen molar-refractivity contribution < 1.29 is 14.3 Å². The lowest BCUT2D eigenvalue weighted by molar-refractivity contribution is -0.113. The van der Waals surface area contributed by atoms with Gasteiger partial charge in [-0.15, -0.1) is 16.8 Å². The Bertz CT molecular complexity index is 1070. The van der Waals surface area contributed by atoms with E-state index in [1.54, 1.807) is 30.3 Å². The Hall–Kier alpha value is -2.91. The third-order valence-electron chi connectivity index (χ3n) is 4.03. The number of methoxy groups -OCH3 is 1. The van der Waals surface area contributed by atoms with Crippen molar-refractivity contribution in [3.05, 3.63) is 71.2 Å². The van der Waals surface area contributed by atoms with Gasteiger partial charge in [-0.1, -0.05) is 52.0 Å². The van der Waals surface area contributed by atoms with Crippen LogP contribution in [0.4, 0.5) is 5.69 Å². The van der Waals surface area contributed by atoms with Gasteiger partial charge in [0.25, 0.3) is 0 Å². The highest BCUT2D eigenvalue weighted by Crippen LogP contribution is 2.25. The minimum atomic E-state index is -0.460. The normalized spacial score (nSPS) is 10.5. The molecule has 2 aromatic carbocycles. The average molecular weight is 487 g/mol. The number of thioether (sulfide) groups is 1. The molecule has 0 atom stereocenters. The van der Waals surface area contributed by atoms with Crippen molar-refractivity contribution in [2.45, 2.75) is 11.7 Å². The maximum absolute atomic E-state index is 12.4. The van der Waals surface area contributed by atoms with Crippen molar-refractivity contribution in [2.24, 2.45) is 0 Å². The molecule has 0 aliphatic heterocycles. The Kier molecular flexibility index (Phi) is 7.42. The molecule has 3 aromatic rings. The Labute approximate surface area is 186 Å². The van der Waals surface area contributed by atoms with Gasteiger partial charge in [0.1, 0.15) is 0 Å². The maximum Gasteiger partial charge on any atom is 0.337 e. The highest BCUT2D eigenvalue weighted by Gasteiger charge is 2.15. The Morgan fingerprint density at radius 1 is 1.23 bits per heavy atom. The first kappa shape index (κ1) is 21.8. The largest absolute Gasteiger partial charge is 0.465 e. The van der Waals surface area contributed by atoms with Crippen LogP contribution >= 0.6 is 27.7 Å². The van der Waals surface area contributed by atoms with Gasteiger partial charge in [0, 0.05) is 22.3 Å². The molecular formula is C21H19BrN4O3S. The zero-order valence-electron chi connectivity index (χ0n) is 16.2. The number of aromatic nitrogens is 3. The number of amides is 1. The highest BCUT2D eigenvalue weighted by atomic mass is 79.9. The minimum Gasteiger partial charge on any atom is -0.465 e. The van der Waals surface area contributed by atoms with Crippen LogP contribution in [0.3, 0.4) is 0 Å². The van der Waals surface area contributed by atoms with Gasteiger partial charge in [-0.3, -0.25) is 9.36 Å². The molecule has 0 radical (unpaired) electrons. The van der Waals surface area contributed by atoms with Crippen LogP contribution in [0.2, 0.25) is 0 Å². The summed E-state index contributed by atoms with van der Waals surface area (Å²) >= 11 is 4.70. The van der Waals surface area contributed by atoms with Crippen LogP contribution in [0.25, 0.3) is 11.4 Å². The van der Waals surface area contributed by atoms with Crippen LogP contribution < -0.4 is 5.32 Å². The van der Waals surface area contributed by atoms with E-state index in [0.29, 0.717) is 28.8 Å². The average Bonchev–Trinajstić information content (AvgIpc) is 3.15. The molecule has 7 nitrogen and oxygen atoms in total. The van der Waals surface area contributed by atoms with Gasteiger partial charge in [0.15, 0.2) is 11.0 Å². The molecule has 0 saturated carbocycles. The summed E-state index contributed by atoms with van der Waals surface area (Å²) in [6.45, 7) is 4.31. The number of ether oxygens (including phenoxy) is 1. The van der Waals surface area contributed by atoms with Crippen LogP contribution in [-0.2, 0) is 16.1 Å². The van der Waals surface area contributed by atoms with Crippen LogP contribution in [0.5, 0.6) is 0 Å². The number of carbonyl (C=O) groups excluding carboxylic acids is 2. The van der Waals surface area contributed by atoms with E-state index in [-0.39, 0.29) is 11.7 Å². The van der Waals surface area contributed by atoms with Crippen molar-refractivity contribution in [1.29, 1.82) is 0 Å². The molecule has 0 spiro atoms. The standard InChI is InChI=1S/C21H19BrN4O3S/c1-3-11-26-19(14-7-9-16(22)10-8-14)24-25-21(26)30-13-18(27)23-17-6-4-5-15(12-17)20(28)29-2/h3-10,12H,1,11,13H2,2H3,(H,23,27). The molecule has 3 rings (SSSR count). The number of esters is 1. The molecule has 154 valence electrons. The number of nitrogens with zero attached hydrogens (tertiary/aromatic N) is 3. The number of benzene rings is 2. The lowest BCUT2D eigenvalue weighted by Gasteiger charge is -2.09. The van der Waals surface area contributed by atoms with Gasteiger partial charge in [0.2, 0.25) is 5.91 Å². The molecule has 1 aromatic heterocycles. The second-order valence-electron chi connectivity index (χ2n) is 6.12. The summed E-state index contributed by atoms with van der Waals surface area (Å²) in [5, 5.41) is 11.9. The number of anilines is 1. The molecule has 0 saturated heterocycles. The summed E-state index contributed by atoms with van der Waals surface area (Å²) < 4.78 is 7.58. The quantitative estimate of drug-likeness (QED) is 0.288. The summed E-state index contributed by atoms with van der Waals surface area (Å²) in [6, 6.07) is 14.3. The summed E-state index contributed by atoms with van der Waals surface area (Å²) in [4.78, 5) is 24.0. The Morgan fingerprint density at radius 2 is 2.00 bits per heavy atom. The van der Waals surface area contributed by atoms with E-state index in [2.05, 4.69) is 38.0 Å². The first-order valence-corrected chi connectivity index (χ1v) is 10.7. The van der Waals surface area contributed by atoms with E-state index < -0.39 is 5.97 Å². The van der Waals surface area contributed by atoms with Crippen molar-refractivity contribution in [3.63, 3.8) is 0 Å². The lowest BCUT2D eigenvalue weighted by Crippen LogP contribution is -2.15. The molecular weight excluding hydrogens is 468 g/mol. The second kappa shape index (κ2) is 10.2. The summed E-state index contributed by atoms with van der Waals surface area (Å²) in [7, 11) is 1.31. The summed E-state index contributed by atoms with van der Waals surface area (Å²) in [5.74, 6) is 0.160. The van der Waals surface area contributed by atoms with E-state index >= 15 is 0 Å². The smallest absolute Gasteiger partial charge is 0.337 e. The fraction of sp³-hybridized carbons (Fsp3) is 0.143. The zero-order valence-corrected chi connectivity index (χ0v) is 18.6. The first-order valence-electron chi connectivity index (χ1n) is 8.93. The highest BCUT2D eigenvalue weighted by molar-refractivity contribution is 9.10. The molecule has 0 aliphatic carbocycles. The van der Waals surface area contributed by atoms with E-state index in [1.807, 2.05) is 28.8 Å². The molecule has 0 aliphatic rings. The summed E-state index contributed by atoms with van der Waals surface area (Å²) in [6.07, 6.45) is 1.76. The van der Waals surface area contributed by atoms with Gasteiger partial charge in [-0.2, -0.15) is 0 Å². The Morgan fingerprint density at radius 3 is 2.70 bits per heavy atom. The first-order chi connectivity index (χ1) is 14.5. The maximum atomic E-state index is 12.4. The molecule has 1 amide bonds. The number of nitrogens with one attached hydrogen (secondary N) is 1. The van der Waals surface area contributed by atoms with Crippen LogP contribution in [0.15, 0.2) is 70.8 Å². The third kappa shape index (κ3) is 5.37. The number of hydrogen-bond acceptors (Lipinski definition) is 6. The number of hydrogen-bond donors (Lipinski definition) is 1. The van der Waals surface area contributed by atoms with Crippen molar-refractivity contribution in [3.8, 4) is 11.4 Å². The number of rotatable bonds is 8. The van der Waals surface area contributed by atoms with E-state index in [1.165, 1.54) is 18.9 Å². The fourth-order valence-corrected chi connectivity index (χ4v) is 3.68. The van der Waals surface area contributed by atoms with Gasteiger partial charge < -0.3 is 10.1 Å². The lowest BCUT2D eigenvalue weighted by atomic mass is 10.2. The molecule has 1 N–H and O–H groups in total. The van der Waals surface area contributed by atoms with Crippen molar-refractivity contribution in [2.75, 3.05) is 18.2 Å². The monoisotopic (exact) mass is 486 g/mol. The molecule has 0 unspecified atom stereocenters. The van der Waals surface area contributed by atoms with Crippen molar-refractivity contribution in [1.82, 2.24) is 14.8 Å². The predicted octanol–water partition coefficient (Wildman–Crippen LogP) is 4.41. The molecule has 1 heterocycles. The molecule has 0 bridgehead atoms. The second-order valence-corrected chi connectivity index (χ2v) is 7.98. The number of allylic oxidation sites excluding steroid dienone is 1. The van der Waals surface area contributed by atoms with Gasteiger partial charge >= 0.3 is 5.97 Å². The topological polar surface area (TPSA) is 86.1 Å². The van der Waals surface area contributed by atoms with Gasteiger partial charge in [-0.05, 0) is 30.3 Å². The van der Waals surface area contributed by atoms with Crippen molar-refractivity contribution >= 4 is 45.3 Å². The molecule has 0 fully saturated rings. The van der Waals surface area contributed by atoms with Gasteiger partial charge in [-0.25, -0.2) is 4.79 Å². The molecule has 9 heteroatoms. The summed E-state index contributed by atoms with van der Waals surface area (Å²) in [5.41, 5.74) is 1.81. The van der Waals surface area contributed by atoms with Crippen LogP contribution in [0.1, 0.15) is 10.4 Å². The fourth-order valence-electron chi connectivity index (χ4n) is 2.67. The van der Waals surface area contributed by atoms with E-state index in [4.69, 9.17) is 4.74 Å². The predicted molar refractivity (Wildman–Crippen MR) is 120 cm³/mol. The number of halogens is 1. The molecule has 30 heavy (non-hydrogen) atoms. The Balaban J connectivity index is 1.69. The minimum absolute atomic E-state index is 0.137. The van der Waals surface area contributed by atoms with Gasteiger partial charge in [0.05, 0.1) is 18.4 Å². The van der Waals surface area contributed by atoms with E-state index in [0.717, 1.165) is 10.0 Å². The van der Waals surface area contributed by atoms with Crippen LogP contribution in [-0.4, -0.2) is 39.5 Å². The SMILES string of the molecule is C=CCn1c(SCC(=O)Nc2cccc(C(=O)OC)c2)nnc1-c1ccc(Br)cc1. The third-order valence-corrected chi connectivity index (χ3v) is 5.53. The van der Waals surface area contributed by atoms with E-state index in [9.17, 15) is 9.59 Å².